The summed E-state index contributed by atoms with van der Waals surface area (Å²) in [6, 6.07) is 15.6. The molecule has 0 saturated heterocycles. The predicted octanol–water partition coefficient (Wildman–Crippen LogP) is 6.68. The van der Waals surface area contributed by atoms with Gasteiger partial charge in [0.2, 0.25) is 5.91 Å². The first kappa shape index (κ1) is 26.2. The van der Waals surface area contributed by atoms with Crippen LogP contribution < -0.4 is 10.1 Å². The van der Waals surface area contributed by atoms with Crippen molar-refractivity contribution in [2.45, 2.75) is 51.4 Å². The number of amides is 1. The van der Waals surface area contributed by atoms with Crippen LogP contribution in [0.5, 0.6) is 5.75 Å². The van der Waals surface area contributed by atoms with Gasteiger partial charge < -0.3 is 14.6 Å². The SMILES string of the molecule is CCn1c(COc2ccc(C(C)(C)C)cc2)nnc1SCC(=O)Nc1nc(-c2ccc(Cl)cc2)cs1. The number of carbonyl (C=O) groups excluding carboxylic acids is 1. The summed E-state index contributed by atoms with van der Waals surface area (Å²) in [5.41, 5.74) is 3.09. The molecule has 2 aromatic carbocycles. The fourth-order valence-electron chi connectivity index (χ4n) is 3.42. The van der Waals surface area contributed by atoms with Gasteiger partial charge in [0.15, 0.2) is 16.1 Å². The molecule has 4 rings (SSSR count). The normalized spacial score (nSPS) is 11.5. The molecule has 10 heteroatoms. The van der Waals surface area contributed by atoms with Crippen LogP contribution in [0.4, 0.5) is 5.13 Å². The summed E-state index contributed by atoms with van der Waals surface area (Å²) in [6.07, 6.45) is 0. The summed E-state index contributed by atoms with van der Waals surface area (Å²) in [7, 11) is 0. The third-order valence-electron chi connectivity index (χ3n) is 5.42. The van der Waals surface area contributed by atoms with Crippen LogP contribution in [0.3, 0.4) is 0 Å². The number of hydrogen-bond donors (Lipinski definition) is 1. The van der Waals surface area contributed by atoms with Crippen molar-refractivity contribution in [2.24, 2.45) is 0 Å². The van der Waals surface area contributed by atoms with Gasteiger partial charge in [-0.25, -0.2) is 4.98 Å². The number of thiazole rings is 1. The van der Waals surface area contributed by atoms with Crippen molar-refractivity contribution in [3.05, 3.63) is 70.3 Å². The number of benzene rings is 2. The van der Waals surface area contributed by atoms with E-state index in [0.29, 0.717) is 34.3 Å². The van der Waals surface area contributed by atoms with Gasteiger partial charge in [-0.3, -0.25) is 4.79 Å². The lowest BCUT2D eigenvalue weighted by Crippen LogP contribution is -2.14. The van der Waals surface area contributed by atoms with Gasteiger partial charge in [0, 0.05) is 22.5 Å². The number of hydrogen-bond acceptors (Lipinski definition) is 7. The van der Waals surface area contributed by atoms with Gasteiger partial charge in [0.1, 0.15) is 12.4 Å². The molecule has 4 aromatic rings. The Kier molecular flexibility index (Phi) is 8.33. The maximum Gasteiger partial charge on any atom is 0.236 e. The van der Waals surface area contributed by atoms with E-state index in [1.54, 1.807) is 0 Å². The van der Waals surface area contributed by atoms with Crippen molar-refractivity contribution in [2.75, 3.05) is 11.1 Å². The number of ether oxygens (including phenoxy) is 1. The molecular weight excluding hydrogens is 514 g/mol. The molecule has 0 unspecified atom stereocenters. The van der Waals surface area contributed by atoms with E-state index in [9.17, 15) is 4.79 Å². The molecule has 0 bridgehead atoms. The molecule has 2 aromatic heterocycles. The topological polar surface area (TPSA) is 81.9 Å². The number of halogens is 1. The van der Waals surface area contributed by atoms with E-state index >= 15 is 0 Å². The van der Waals surface area contributed by atoms with Crippen molar-refractivity contribution in [1.29, 1.82) is 0 Å². The van der Waals surface area contributed by atoms with Gasteiger partial charge >= 0.3 is 0 Å². The molecule has 0 aliphatic carbocycles. The van der Waals surface area contributed by atoms with E-state index in [2.05, 4.69) is 53.4 Å². The van der Waals surface area contributed by atoms with Crippen molar-refractivity contribution in [3.8, 4) is 17.0 Å². The van der Waals surface area contributed by atoms with Crippen molar-refractivity contribution >= 4 is 45.7 Å². The monoisotopic (exact) mass is 541 g/mol. The van der Waals surface area contributed by atoms with Crippen LogP contribution in [0.25, 0.3) is 11.3 Å². The Bertz CT molecular complexity index is 1310. The Morgan fingerprint density at radius 1 is 1.11 bits per heavy atom. The summed E-state index contributed by atoms with van der Waals surface area (Å²) in [4.78, 5) is 17.0. The Morgan fingerprint density at radius 2 is 1.83 bits per heavy atom. The molecule has 188 valence electrons. The lowest BCUT2D eigenvalue weighted by atomic mass is 9.87. The van der Waals surface area contributed by atoms with Crippen LogP contribution in [0.2, 0.25) is 5.02 Å². The first-order chi connectivity index (χ1) is 17.2. The molecule has 2 heterocycles. The Morgan fingerprint density at radius 3 is 2.50 bits per heavy atom. The maximum absolute atomic E-state index is 12.5. The van der Waals surface area contributed by atoms with Crippen LogP contribution in [0, 0.1) is 0 Å². The molecule has 1 amide bonds. The zero-order valence-electron chi connectivity index (χ0n) is 20.6. The molecule has 0 radical (unpaired) electrons. The van der Waals surface area contributed by atoms with Gasteiger partial charge in [0.05, 0.1) is 11.4 Å². The Labute approximate surface area is 224 Å². The molecular formula is C26H28ClN5O2S2. The summed E-state index contributed by atoms with van der Waals surface area (Å²) < 4.78 is 7.90. The Hall–Kier alpha value is -2.88. The van der Waals surface area contributed by atoms with Crippen molar-refractivity contribution in [3.63, 3.8) is 0 Å². The highest BCUT2D eigenvalue weighted by Gasteiger charge is 2.16. The van der Waals surface area contributed by atoms with Crippen LogP contribution >= 0.6 is 34.7 Å². The van der Waals surface area contributed by atoms with Gasteiger partial charge in [-0.2, -0.15) is 0 Å². The number of thioether (sulfide) groups is 1. The minimum absolute atomic E-state index is 0.0951. The first-order valence-electron chi connectivity index (χ1n) is 11.5. The molecule has 1 N–H and O–H groups in total. The minimum atomic E-state index is -0.153. The highest BCUT2D eigenvalue weighted by Crippen LogP contribution is 2.27. The molecule has 0 aliphatic heterocycles. The van der Waals surface area contributed by atoms with Crippen LogP contribution in [0.15, 0.2) is 59.1 Å². The van der Waals surface area contributed by atoms with Gasteiger partial charge in [-0.05, 0) is 42.2 Å². The quantitative estimate of drug-likeness (QED) is 0.238. The van der Waals surface area contributed by atoms with E-state index in [0.717, 1.165) is 17.0 Å². The van der Waals surface area contributed by atoms with Gasteiger partial charge in [-0.1, -0.05) is 68.4 Å². The summed E-state index contributed by atoms with van der Waals surface area (Å²) in [6.45, 7) is 9.54. The lowest BCUT2D eigenvalue weighted by molar-refractivity contribution is -0.113. The number of nitrogens with zero attached hydrogens (tertiary/aromatic N) is 4. The zero-order valence-corrected chi connectivity index (χ0v) is 23.0. The van der Waals surface area contributed by atoms with E-state index < -0.39 is 0 Å². The second-order valence-corrected chi connectivity index (χ2v) is 11.3. The fourth-order valence-corrected chi connectivity index (χ4v) is 5.10. The smallest absolute Gasteiger partial charge is 0.236 e. The average molecular weight is 542 g/mol. The zero-order chi connectivity index (χ0) is 25.7. The van der Waals surface area contributed by atoms with E-state index in [4.69, 9.17) is 16.3 Å². The van der Waals surface area contributed by atoms with Crippen LogP contribution in [0.1, 0.15) is 39.1 Å². The predicted molar refractivity (Wildman–Crippen MR) is 147 cm³/mol. The second-order valence-electron chi connectivity index (χ2n) is 9.09. The highest BCUT2D eigenvalue weighted by atomic mass is 35.5. The third-order valence-corrected chi connectivity index (χ3v) is 7.40. The van der Waals surface area contributed by atoms with Crippen molar-refractivity contribution < 1.29 is 9.53 Å². The molecule has 0 fully saturated rings. The number of carbonyl (C=O) groups is 1. The fraction of sp³-hybridized carbons (Fsp3) is 0.308. The maximum atomic E-state index is 12.5. The molecule has 0 atom stereocenters. The first-order valence-corrected chi connectivity index (χ1v) is 13.8. The van der Waals surface area contributed by atoms with Crippen LogP contribution in [-0.2, 0) is 23.4 Å². The highest BCUT2D eigenvalue weighted by molar-refractivity contribution is 7.99. The van der Waals surface area contributed by atoms with Gasteiger partial charge in [0.25, 0.3) is 0 Å². The van der Waals surface area contributed by atoms with Crippen LogP contribution in [-0.4, -0.2) is 31.4 Å². The second kappa shape index (κ2) is 11.5. The molecule has 0 spiro atoms. The molecule has 36 heavy (non-hydrogen) atoms. The van der Waals surface area contributed by atoms with Gasteiger partial charge in [-0.15, -0.1) is 21.5 Å². The summed E-state index contributed by atoms with van der Waals surface area (Å²) in [5.74, 6) is 1.54. The number of anilines is 1. The summed E-state index contributed by atoms with van der Waals surface area (Å²) >= 11 is 8.67. The summed E-state index contributed by atoms with van der Waals surface area (Å²) in [5, 5.41) is 15.2. The number of aromatic nitrogens is 4. The average Bonchev–Trinajstić information content (AvgIpc) is 3.48. The van der Waals surface area contributed by atoms with Crippen molar-refractivity contribution in [1.82, 2.24) is 19.7 Å². The lowest BCUT2D eigenvalue weighted by Gasteiger charge is -2.19. The number of rotatable bonds is 9. The molecule has 0 aliphatic rings. The number of nitrogens with one attached hydrogen (secondary N) is 1. The third kappa shape index (κ3) is 6.66. The minimum Gasteiger partial charge on any atom is -0.486 e. The van der Waals surface area contributed by atoms with E-state index in [1.165, 1.54) is 28.7 Å². The Balaban J connectivity index is 1.31. The van der Waals surface area contributed by atoms with E-state index in [1.807, 2.05) is 53.3 Å². The molecule has 0 saturated carbocycles. The molecule has 7 nitrogen and oxygen atoms in total. The van der Waals surface area contributed by atoms with E-state index in [-0.39, 0.29) is 17.1 Å². The largest absolute Gasteiger partial charge is 0.486 e. The standard InChI is InChI=1S/C26H28ClN5O2S2/c1-5-32-22(14-34-20-12-8-18(9-13-20)26(2,3)4)30-31-25(32)36-16-23(33)29-24-28-21(15-35-24)17-6-10-19(27)11-7-17/h6-13,15H,5,14,16H2,1-4H3,(H,28,29,33).